The lowest BCUT2D eigenvalue weighted by Crippen LogP contribution is -2.08. The van der Waals surface area contributed by atoms with E-state index in [1.54, 1.807) is 23.0 Å². The number of rotatable bonds is 4. The highest BCUT2D eigenvalue weighted by molar-refractivity contribution is 6.32. The van der Waals surface area contributed by atoms with Gasteiger partial charge in [-0.05, 0) is 31.2 Å². The van der Waals surface area contributed by atoms with Crippen LogP contribution in [0.5, 0.6) is 0 Å². The highest BCUT2D eigenvalue weighted by Gasteiger charge is 2.12. The molecule has 0 saturated heterocycles. The molecule has 6 heteroatoms. The largest absolute Gasteiger partial charge is 0.361 e. The second kappa shape index (κ2) is 5.93. The van der Waals surface area contributed by atoms with Crippen molar-refractivity contribution in [2.45, 2.75) is 13.0 Å². The van der Waals surface area contributed by atoms with E-state index >= 15 is 0 Å². The number of aromatic nitrogens is 4. The van der Waals surface area contributed by atoms with Gasteiger partial charge in [-0.25, -0.2) is 9.67 Å². The van der Waals surface area contributed by atoms with E-state index in [1.165, 1.54) is 0 Å². The number of benzene rings is 1. The first kappa shape index (κ1) is 13.6. The first-order valence-corrected chi connectivity index (χ1v) is 6.96. The Kier molecular flexibility index (Phi) is 3.83. The zero-order valence-electron chi connectivity index (χ0n) is 11.4. The molecule has 2 heterocycles. The van der Waals surface area contributed by atoms with Gasteiger partial charge >= 0.3 is 0 Å². The van der Waals surface area contributed by atoms with Crippen LogP contribution < -0.4 is 5.32 Å². The van der Waals surface area contributed by atoms with E-state index in [-0.39, 0.29) is 6.04 Å². The van der Waals surface area contributed by atoms with Gasteiger partial charge in [0.05, 0.1) is 22.9 Å². The summed E-state index contributed by atoms with van der Waals surface area (Å²) in [6.07, 6.45) is 3.59. The van der Waals surface area contributed by atoms with Crippen molar-refractivity contribution < 1.29 is 0 Å². The molecule has 1 aromatic carbocycles. The molecule has 3 aromatic rings. The number of anilines is 1. The van der Waals surface area contributed by atoms with Gasteiger partial charge in [0.25, 0.3) is 0 Å². The first-order valence-electron chi connectivity index (χ1n) is 6.59. The number of halogens is 1. The molecule has 1 unspecified atom stereocenters. The van der Waals surface area contributed by atoms with Crippen LogP contribution in [0.15, 0.2) is 54.9 Å². The second-order valence-electron chi connectivity index (χ2n) is 4.62. The molecule has 2 aromatic heterocycles. The summed E-state index contributed by atoms with van der Waals surface area (Å²) in [6.45, 7) is 1.99. The summed E-state index contributed by atoms with van der Waals surface area (Å²) in [6, 6.07) is 13.4. The SMILES string of the molecule is CC(Nc1ncccc1Cl)c1cn(-c2ccccc2)nn1. The molecule has 0 aliphatic rings. The zero-order chi connectivity index (χ0) is 14.7. The molecule has 0 amide bonds. The average molecular weight is 300 g/mol. The molecule has 0 fully saturated rings. The summed E-state index contributed by atoms with van der Waals surface area (Å²) in [7, 11) is 0. The maximum absolute atomic E-state index is 6.09. The Balaban J connectivity index is 1.79. The standard InChI is InChI=1S/C15H14ClN5/c1-11(18-15-13(16)8-5-9-17-15)14-10-21(20-19-14)12-6-3-2-4-7-12/h2-11H,1H3,(H,17,18). The van der Waals surface area contributed by atoms with E-state index in [0.717, 1.165) is 11.4 Å². The maximum atomic E-state index is 6.09. The van der Waals surface area contributed by atoms with E-state index in [2.05, 4.69) is 20.6 Å². The Hall–Kier alpha value is -2.40. The normalized spacial score (nSPS) is 12.1. The number of hydrogen-bond acceptors (Lipinski definition) is 4. The predicted octanol–water partition coefficient (Wildman–Crippen LogP) is 3.49. The van der Waals surface area contributed by atoms with Crippen LogP contribution in [0.25, 0.3) is 5.69 Å². The van der Waals surface area contributed by atoms with Gasteiger partial charge in [-0.3, -0.25) is 0 Å². The van der Waals surface area contributed by atoms with Crippen molar-refractivity contribution in [2.75, 3.05) is 5.32 Å². The van der Waals surface area contributed by atoms with Crippen LogP contribution in [0.4, 0.5) is 5.82 Å². The van der Waals surface area contributed by atoms with Gasteiger partial charge in [-0.2, -0.15) is 0 Å². The summed E-state index contributed by atoms with van der Waals surface area (Å²) in [5, 5.41) is 12.2. The number of nitrogens with one attached hydrogen (secondary N) is 1. The fourth-order valence-corrected chi connectivity index (χ4v) is 2.13. The van der Waals surface area contributed by atoms with Crippen LogP contribution >= 0.6 is 11.6 Å². The molecule has 106 valence electrons. The Bertz CT molecular complexity index is 726. The summed E-state index contributed by atoms with van der Waals surface area (Å²) < 4.78 is 1.74. The fourth-order valence-electron chi connectivity index (χ4n) is 1.95. The lowest BCUT2D eigenvalue weighted by Gasteiger charge is -2.12. The fraction of sp³-hybridized carbons (Fsp3) is 0.133. The van der Waals surface area contributed by atoms with Gasteiger partial charge in [0.1, 0.15) is 11.5 Å². The molecular weight excluding hydrogens is 286 g/mol. The van der Waals surface area contributed by atoms with Crippen LogP contribution in [0.1, 0.15) is 18.7 Å². The van der Waals surface area contributed by atoms with Crippen LogP contribution in [-0.4, -0.2) is 20.0 Å². The Morgan fingerprint density at radius 2 is 1.95 bits per heavy atom. The molecule has 1 atom stereocenters. The van der Waals surface area contributed by atoms with Gasteiger partial charge in [0, 0.05) is 6.20 Å². The highest BCUT2D eigenvalue weighted by Crippen LogP contribution is 2.22. The Morgan fingerprint density at radius 3 is 2.71 bits per heavy atom. The second-order valence-corrected chi connectivity index (χ2v) is 5.03. The highest BCUT2D eigenvalue weighted by atomic mass is 35.5. The van der Waals surface area contributed by atoms with E-state index in [4.69, 9.17) is 11.6 Å². The number of para-hydroxylation sites is 1. The molecule has 0 aliphatic heterocycles. The summed E-state index contributed by atoms with van der Waals surface area (Å²) in [5.41, 5.74) is 1.79. The van der Waals surface area contributed by atoms with Gasteiger partial charge in [-0.15, -0.1) is 5.10 Å². The number of pyridine rings is 1. The molecule has 21 heavy (non-hydrogen) atoms. The number of hydrogen-bond donors (Lipinski definition) is 1. The minimum atomic E-state index is -0.0464. The van der Waals surface area contributed by atoms with E-state index in [0.29, 0.717) is 10.8 Å². The molecule has 0 bridgehead atoms. The van der Waals surface area contributed by atoms with Crippen molar-refractivity contribution in [3.63, 3.8) is 0 Å². The third-order valence-corrected chi connectivity index (χ3v) is 3.39. The Labute approximate surface area is 127 Å². The molecule has 0 aliphatic carbocycles. The van der Waals surface area contributed by atoms with Crippen molar-refractivity contribution in [1.29, 1.82) is 0 Å². The zero-order valence-corrected chi connectivity index (χ0v) is 12.2. The third-order valence-electron chi connectivity index (χ3n) is 3.09. The van der Waals surface area contributed by atoms with E-state index < -0.39 is 0 Å². The van der Waals surface area contributed by atoms with Gasteiger partial charge in [0.15, 0.2) is 0 Å². The lowest BCUT2D eigenvalue weighted by molar-refractivity contribution is 0.779. The molecular formula is C15H14ClN5. The van der Waals surface area contributed by atoms with E-state index in [9.17, 15) is 0 Å². The van der Waals surface area contributed by atoms with Gasteiger partial charge < -0.3 is 5.32 Å². The van der Waals surface area contributed by atoms with E-state index in [1.807, 2.05) is 43.5 Å². The molecule has 0 saturated carbocycles. The summed E-state index contributed by atoms with van der Waals surface area (Å²) in [5.74, 6) is 0.640. The minimum absolute atomic E-state index is 0.0464. The molecule has 0 spiro atoms. The van der Waals surface area contributed by atoms with Gasteiger partial charge in [0.2, 0.25) is 0 Å². The van der Waals surface area contributed by atoms with Crippen molar-refractivity contribution in [2.24, 2.45) is 0 Å². The molecule has 0 radical (unpaired) electrons. The van der Waals surface area contributed by atoms with Crippen LogP contribution in [0.2, 0.25) is 5.02 Å². The van der Waals surface area contributed by atoms with Crippen LogP contribution in [0.3, 0.4) is 0 Å². The maximum Gasteiger partial charge on any atom is 0.145 e. The average Bonchev–Trinajstić information content (AvgIpc) is 3.00. The van der Waals surface area contributed by atoms with Crippen molar-refractivity contribution in [1.82, 2.24) is 20.0 Å². The minimum Gasteiger partial charge on any atom is -0.361 e. The molecule has 3 rings (SSSR count). The van der Waals surface area contributed by atoms with Gasteiger partial charge in [-0.1, -0.05) is 35.0 Å². The monoisotopic (exact) mass is 299 g/mol. The topological polar surface area (TPSA) is 55.6 Å². The third kappa shape index (κ3) is 3.03. The quantitative estimate of drug-likeness (QED) is 0.801. The summed E-state index contributed by atoms with van der Waals surface area (Å²) in [4.78, 5) is 4.21. The first-order chi connectivity index (χ1) is 10.2. The van der Waals surface area contributed by atoms with Crippen molar-refractivity contribution in [3.05, 3.63) is 65.6 Å². The van der Waals surface area contributed by atoms with Crippen LogP contribution in [-0.2, 0) is 0 Å². The Morgan fingerprint density at radius 1 is 1.14 bits per heavy atom. The lowest BCUT2D eigenvalue weighted by atomic mass is 10.2. The van der Waals surface area contributed by atoms with Crippen molar-refractivity contribution >= 4 is 17.4 Å². The predicted molar refractivity (Wildman–Crippen MR) is 82.6 cm³/mol. The molecule has 5 nitrogen and oxygen atoms in total. The smallest absolute Gasteiger partial charge is 0.145 e. The molecule has 1 N–H and O–H groups in total. The summed E-state index contributed by atoms with van der Waals surface area (Å²) >= 11 is 6.09. The van der Waals surface area contributed by atoms with Crippen molar-refractivity contribution in [3.8, 4) is 5.69 Å². The number of nitrogens with zero attached hydrogens (tertiary/aromatic N) is 4. The van der Waals surface area contributed by atoms with Crippen LogP contribution in [0, 0.1) is 0 Å².